The molecular formula is C18H17N3O2S. The molecule has 2 aromatic carbocycles. The molecule has 3 rings (SSSR count). The molecule has 6 heteroatoms. The lowest BCUT2D eigenvalue weighted by atomic mass is 10.1. The van der Waals surface area contributed by atoms with Crippen LogP contribution in [0.5, 0.6) is 5.75 Å². The van der Waals surface area contributed by atoms with E-state index in [9.17, 15) is 4.79 Å². The van der Waals surface area contributed by atoms with E-state index in [4.69, 9.17) is 4.74 Å². The molecule has 1 N–H and O–H groups in total. The first-order valence-corrected chi connectivity index (χ1v) is 8.28. The fraction of sp³-hybridized carbons (Fsp3) is 0.167. The Morgan fingerprint density at radius 2 is 1.88 bits per heavy atom. The first kappa shape index (κ1) is 16.1. The number of carbonyl (C=O) groups is 1. The molecule has 5 nitrogen and oxygen atoms in total. The Hall–Kier alpha value is -2.73. The Morgan fingerprint density at radius 3 is 2.62 bits per heavy atom. The monoisotopic (exact) mass is 339 g/mol. The molecule has 0 bridgehead atoms. The van der Waals surface area contributed by atoms with Gasteiger partial charge in [-0.1, -0.05) is 48.0 Å². The molecule has 0 aliphatic carbocycles. The van der Waals surface area contributed by atoms with E-state index in [1.165, 1.54) is 5.56 Å². The highest BCUT2D eigenvalue weighted by Gasteiger charge is 2.10. The summed E-state index contributed by atoms with van der Waals surface area (Å²) >= 11 is 1.15. The molecule has 0 aliphatic rings. The van der Waals surface area contributed by atoms with Crippen LogP contribution in [0.4, 0.5) is 5.13 Å². The molecule has 3 aromatic rings. The van der Waals surface area contributed by atoms with Crippen molar-refractivity contribution in [3.8, 4) is 17.1 Å². The van der Waals surface area contributed by atoms with Gasteiger partial charge in [-0.2, -0.15) is 9.36 Å². The average Bonchev–Trinajstić information content (AvgIpc) is 3.03. The van der Waals surface area contributed by atoms with Gasteiger partial charge in [0.25, 0.3) is 5.91 Å². The maximum atomic E-state index is 12.0. The van der Waals surface area contributed by atoms with Crippen LogP contribution < -0.4 is 10.1 Å². The zero-order chi connectivity index (χ0) is 16.9. The number of amides is 1. The van der Waals surface area contributed by atoms with Crippen LogP contribution in [0.15, 0.2) is 48.5 Å². The second kappa shape index (κ2) is 7.23. The Bertz CT molecular complexity index is 843. The maximum Gasteiger partial charge on any atom is 0.264 e. The number of nitrogens with zero attached hydrogens (tertiary/aromatic N) is 2. The first-order chi connectivity index (χ1) is 11.6. The minimum atomic E-state index is -0.259. The summed E-state index contributed by atoms with van der Waals surface area (Å²) < 4.78 is 9.80. The normalized spacial score (nSPS) is 10.4. The summed E-state index contributed by atoms with van der Waals surface area (Å²) in [5, 5.41) is 3.18. The lowest BCUT2D eigenvalue weighted by molar-refractivity contribution is -0.118. The minimum absolute atomic E-state index is 0.0652. The summed E-state index contributed by atoms with van der Waals surface area (Å²) in [7, 11) is 0. The van der Waals surface area contributed by atoms with E-state index in [1.807, 2.05) is 62.4 Å². The van der Waals surface area contributed by atoms with Crippen molar-refractivity contribution in [2.24, 2.45) is 0 Å². The van der Waals surface area contributed by atoms with Gasteiger partial charge in [0.2, 0.25) is 5.13 Å². The van der Waals surface area contributed by atoms with E-state index in [2.05, 4.69) is 14.7 Å². The SMILES string of the molecule is Cc1ccc(-c2nsc(NC(=O)COc3ccccc3C)n2)cc1. The van der Waals surface area contributed by atoms with Crippen molar-refractivity contribution in [2.45, 2.75) is 13.8 Å². The number of aromatic nitrogens is 2. The molecule has 0 fully saturated rings. The van der Waals surface area contributed by atoms with Gasteiger partial charge in [-0.25, -0.2) is 0 Å². The van der Waals surface area contributed by atoms with Crippen molar-refractivity contribution in [3.05, 3.63) is 59.7 Å². The molecule has 122 valence electrons. The van der Waals surface area contributed by atoms with Gasteiger partial charge in [0.1, 0.15) is 5.75 Å². The van der Waals surface area contributed by atoms with Crippen LogP contribution >= 0.6 is 11.5 Å². The Kier molecular flexibility index (Phi) is 4.86. The molecule has 1 heterocycles. The van der Waals surface area contributed by atoms with E-state index in [-0.39, 0.29) is 12.5 Å². The molecule has 0 spiro atoms. The topological polar surface area (TPSA) is 64.1 Å². The van der Waals surface area contributed by atoms with Gasteiger partial charge in [0.15, 0.2) is 12.4 Å². The average molecular weight is 339 g/mol. The third kappa shape index (κ3) is 3.97. The fourth-order valence-corrected chi connectivity index (χ4v) is 2.72. The Morgan fingerprint density at radius 1 is 1.12 bits per heavy atom. The molecule has 0 atom stereocenters. The van der Waals surface area contributed by atoms with Gasteiger partial charge >= 0.3 is 0 Å². The number of hydrogen-bond acceptors (Lipinski definition) is 5. The molecule has 0 saturated carbocycles. The molecule has 24 heavy (non-hydrogen) atoms. The predicted molar refractivity (Wildman–Crippen MR) is 95.4 cm³/mol. The number of aryl methyl sites for hydroxylation is 2. The lowest BCUT2D eigenvalue weighted by Crippen LogP contribution is -2.20. The van der Waals surface area contributed by atoms with E-state index in [0.717, 1.165) is 22.7 Å². The minimum Gasteiger partial charge on any atom is -0.483 e. The van der Waals surface area contributed by atoms with Crippen molar-refractivity contribution in [3.63, 3.8) is 0 Å². The van der Waals surface area contributed by atoms with E-state index >= 15 is 0 Å². The quantitative estimate of drug-likeness (QED) is 0.767. The number of carbonyl (C=O) groups excluding carboxylic acids is 1. The molecule has 0 saturated heterocycles. The van der Waals surface area contributed by atoms with Crippen LogP contribution in [-0.4, -0.2) is 21.9 Å². The largest absolute Gasteiger partial charge is 0.483 e. The van der Waals surface area contributed by atoms with Crippen molar-refractivity contribution < 1.29 is 9.53 Å². The molecular weight excluding hydrogens is 322 g/mol. The van der Waals surface area contributed by atoms with Crippen LogP contribution in [0.1, 0.15) is 11.1 Å². The molecule has 1 amide bonds. The van der Waals surface area contributed by atoms with Crippen molar-refractivity contribution in [1.29, 1.82) is 0 Å². The second-order valence-corrected chi connectivity index (χ2v) is 6.14. The summed E-state index contributed by atoms with van der Waals surface area (Å²) in [5.41, 5.74) is 3.09. The summed E-state index contributed by atoms with van der Waals surface area (Å²) in [4.78, 5) is 16.3. The second-order valence-electron chi connectivity index (χ2n) is 5.39. The van der Waals surface area contributed by atoms with Crippen LogP contribution in [-0.2, 0) is 4.79 Å². The van der Waals surface area contributed by atoms with Gasteiger partial charge < -0.3 is 4.74 Å². The molecule has 0 unspecified atom stereocenters. The van der Waals surface area contributed by atoms with Crippen molar-refractivity contribution in [2.75, 3.05) is 11.9 Å². The van der Waals surface area contributed by atoms with Gasteiger partial charge in [0, 0.05) is 17.1 Å². The smallest absolute Gasteiger partial charge is 0.264 e. The van der Waals surface area contributed by atoms with E-state index in [1.54, 1.807) is 0 Å². The third-order valence-electron chi connectivity index (χ3n) is 3.43. The third-order valence-corrected chi connectivity index (χ3v) is 4.07. The Labute approximate surface area is 144 Å². The zero-order valence-corrected chi connectivity index (χ0v) is 14.3. The van der Waals surface area contributed by atoms with E-state index in [0.29, 0.717) is 16.7 Å². The number of benzene rings is 2. The predicted octanol–water partition coefficient (Wildman–Crippen LogP) is 3.84. The molecule has 0 aliphatic heterocycles. The van der Waals surface area contributed by atoms with Gasteiger partial charge in [-0.3, -0.25) is 10.1 Å². The summed E-state index contributed by atoms with van der Waals surface area (Å²) in [6.45, 7) is 3.90. The number of ether oxygens (including phenoxy) is 1. The highest BCUT2D eigenvalue weighted by molar-refractivity contribution is 7.10. The van der Waals surface area contributed by atoms with Crippen LogP contribution in [0.2, 0.25) is 0 Å². The summed E-state index contributed by atoms with van der Waals surface area (Å²) in [5.74, 6) is 1.05. The number of nitrogens with one attached hydrogen (secondary N) is 1. The Balaban J connectivity index is 1.59. The standard InChI is InChI=1S/C18H17N3O2S/c1-12-7-9-14(10-8-12)17-20-18(24-21-17)19-16(22)11-23-15-6-4-3-5-13(15)2/h3-10H,11H2,1-2H3,(H,19,20,21,22). The molecule has 0 radical (unpaired) electrons. The highest BCUT2D eigenvalue weighted by atomic mass is 32.1. The van der Waals surface area contributed by atoms with Crippen molar-refractivity contribution >= 4 is 22.6 Å². The fourth-order valence-electron chi connectivity index (χ4n) is 2.11. The highest BCUT2D eigenvalue weighted by Crippen LogP contribution is 2.21. The van der Waals surface area contributed by atoms with Crippen molar-refractivity contribution in [1.82, 2.24) is 9.36 Å². The van der Waals surface area contributed by atoms with Crippen LogP contribution in [0.25, 0.3) is 11.4 Å². The lowest BCUT2D eigenvalue weighted by Gasteiger charge is -2.07. The van der Waals surface area contributed by atoms with E-state index < -0.39 is 0 Å². The maximum absolute atomic E-state index is 12.0. The van der Waals surface area contributed by atoms with Gasteiger partial charge in [-0.15, -0.1) is 0 Å². The number of para-hydroxylation sites is 1. The van der Waals surface area contributed by atoms with Gasteiger partial charge in [-0.05, 0) is 25.5 Å². The molecule has 1 aromatic heterocycles. The van der Waals surface area contributed by atoms with Crippen LogP contribution in [0, 0.1) is 13.8 Å². The number of anilines is 1. The summed E-state index contributed by atoms with van der Waals surface area (Å²) in [6, 6.07) is 15.5. The van der Waals surface area contributed by atoms with Gasteiger partial charge in [0.05, 0.1) is 0 Å². The first-order valence-electron chi connectivity index (χ1n) is 7.51. The number of rotatable bonds is 5. The van der Waals surface area contributed by atoms with Crippen LogP contribution in [0.3, 0.4) is 0 Å². The number of hydrogen-bond donors (Lipinski definition) is 1. The zero-order valence-electron chi connectivity index (χ0n) is 13.4. The summed E-state index contributed by atoms with van der Waals surface area (Å²) in [6.07, 6.45) is 0.